The third-order valence-electron chi connectivity index (χ3n) is 2.02. The van der Waals surface area contributed by atoms with Crippen LogP contribution in [0.2, 0.25) is 0 Å². The first-order chi connectivity index (χ1) is 7.72. The lowest BCUT2D eigenvalue weighted by molar-refractivity contribution is -0.144. The summed E-state index contributed by atoms with van der Waals surface area (Å²) in [6.07, 6.45) is 4.00. The number of hydrogen-bond donors (Lipinski definition) is 2. The number of nitrogen functional groups attached to an aromatic ring is 1. The fourth-order valence-electron chi connectivity index (χ4n) is 1.22. The highest BCUT2D eigenvalue weighted by molar-refractivity contribution is 5.69. The Morgan fingerprint density at radius 3 is 2.94 bits per heavy atom. The molecule has 0 bridgehead atoms. The second-order valence-corrected chi connectivity index (χ2v) is 3.44. The van der Waals surface area contributed by atoms with E-state index in [0.717, 1.165) is 19.3 Å². The third-order valence-corrected chi connectivity index (χ3v) is 2.02. The van der Waals surface area contributed by atoms with Crippen LogP contribution >= 0.6 is 0 Å². The number of nitrogens with zero attached hydrogens (tertiary/aromatic N) is 2. The Hall–Kier alpha value is -1.56. The summed E-state index contributed by atoms with van der Waals surface area (Å²) in [4.78, 5) is 11.3. The van der Waals surface area contributed by atoms with E-state index < -0.39 is 0 Å². The minimum absolute atomic E-state index is 0.0806. The second kappa shape index (κ2) is 6.84. The number of aliphatic hydroxyl groups is 1. The Kier molecular flexibility index (Phi) is 5.35. The molecule has 90 valence electrons. The molecule has 6 nitrogen and oxygen atoms in total. The molecule has 3 N–H and O–H groups in total. The predicted molar refractivity (Wildman–Crippen MR) is 58.5 cm³/mol. The Bertz CT molecular complexity index is 325. The number of aromatic nitrogens is 2. The monoisotopic (exact) mass is 227 g/mol. The van der Waals surface area contributed by atoms with Gasteiger partial charge in [-0.15, -0.1) is 0 Å². The van der Waals surface area contributed by atoms with Crippen LogP contribution in [0.5, 0.6) is 0 Å². The first-order valence-electron chi connectivity index (χ1n) is 5.28. The van der Waals surface area contributed by atoms with E-state index in [1.165, 1.54) is 4.68 Å². The maximum absolute atomic E-state index is 11.3. The van der Waals surface area contributed by atoms with Gasteiger partial charge in [-0.3, -0.25) is 9.48 Å². The summed E-state index contributed by atoms with van der Waals surface area (Å²) in [5, 5.41) is 12.4. The predicted octanol–water partition coefficient (Wildman–Crippen LogP) is 0.171. The minimum atomic E-state index is -0.327. The van der Waals surface area contributed by atoms with Gasteiger partial charge in [-0.1, -0.05) is 0 Å². The molecule has 0 atom stereocenters. The molecule has 0 amide bonds. The van der Waals surface area contributed by atoms with Crippen molar-refractivity contribution >= 4 is 11.8 Å². The van der Waals surface area contributed by atoms with Gasteiger partial charge in [0.25, 0.3) is 0 Å². The highest BCUT2D eigenvalue weighted by atomic mass is 16.5. The summed E-state index contributed by atoms with van der Waals surface area (Å²) in [6, 6.07) is 1.62. The molecule has 0 aliphatic rings. The van der Waals surface area contributed by atoms with Gasteiger partial charge in [0, 0.05) is 12.8 Å². The molecule has 0 unspecified atom stereocenters. The molecule has 0 spiro atoms. The molecule has 0 aliphatic carbocycles. The quantitative estimate of drug-likeness (QED) is 0.512. The molecule has 0 saturated heterocycles. The molecule has 1 heterocycles. The highest BCUT2D eigenvalue weighted by Gasteiger charge is 2.04. The van der Waals surface area contributed by atoms with Crippen molar-refractivity contribution in [1.82, 2.24) is 9.78 Å². The normalized spacial score (nSPS) is 10.3. The van der Waals surface area contributed by atoms with Gasteiger partial charge < -0.3 is 15.6 Å². The number of hydrogen-bond acceptors (Lipinski definition) is 5. The van der Waals surface area contributed by atoms with Crippen LogP contribution in [0.1, 0.15) is 19.3 Å². The zero-order chi connectivity index (χ0) is 11.8. The van der Waals surface area contributed by atoms with Gasteiger partial charge in [0.1, 0.15) is 12.4 Å². The number of rotatable bonds is 7. The standard InChI is InChI=1S/C10H17N3O3/c11-9-4-5-13(12-9)8-10(15)16-7-3-1-2-6-14/h4-5,14H,1-3,6-8H2,(H2,11,12). The lowest BCUT2D eigenvalue weighted by atomic mass is 10.2. The van der Waals surface area contributed by atoms with E-state index in [2.05, 4.69) is 5.10 Å². The summed E-state index contributed by atoms with van der Waals surface area (Å²) in [7, 11) is 0. The zero-order valence-electron chi connectivity index (χ0n) is 9.13. The number of nitrogens with two attached hydrogens (primary N) is 1. The van der Waals surface area contributed by atoms with Crippen LogP contribution in [-0.4, -0.2) is 34.1 Å². The van der Waals surface area contributed by atoms with Crippen LogP contribution in [0.4, 0.5) is 5.82 Å². The van der Waals surface area contributed by atoms with Gasteiger partial charge in [0.15, 0.2) is 0 Å². The number of anilines is 1. The van der Waals surface area contributed by atoms with E-state index in [-0.39, 0.29) is 19.1 Å². The largest absolute Gasteiger partial charge is 0.464 e. The van der Waals surface area contributed by atoms with Crippen molar-refractivity contribution in [3.05, 3.63) is 12.3 Å². The average Bonchev–Trinajstić information content (AvgIpc) is 2.63. The Balaban J connectivity index is 2.11. The highest BCUT2D eigenvalue weighted by Crippen LogP contribution is 1.98. The van der Waals surface area contributed by atoms with Crippen LogP contribution < -0.4 is 5.73 Å². The Labute approximate surface area is 94.0 Å². The number of ether oxygens (including phenoxy) is 1. The average molecular weight is 227 g/mol. The SMILES string of the molecule is Nc1ccn(CC(=O)OCCCCCO)n1. The Morgan fingerprint density at radius 1 is 1.50 bits per heavy atom. The fourth-order valence-corrected chi connectivity index (χ4v) is 1.22. The third kappa shape index (κ3) is 4.79. The van der Waals surface area contributed by atoms with E-state index in [1.54, 1.807) is 12.3 Å². The smallest absolute Gasteiger partial charge is 0.327 e. The molecular formula is C10H17N3O3. The van der Waals surface area contributed by atoms with Crippen molar-refractivity contribution in [3.63, 3.8) is 0 Å². The molecule has 0 saturated carbocycles. The second-order valence-electron chi connectivity index (χ2n) is 3.44. The van der Waals surface area contributed by atoms with E-state index in [0.29, 0.717) is 12.4 Å². The van der Waals surface area contributed by atoms with E-state index in [1.807, 2.05) is 0 Å². The van der Waals surface area contributed by atoms with Crippen molar-refractivity contribution in [1.29, 1.82) is 0 Å². The fraction of sp³-hybridized carbons (Fsp3) is 0.600. The van der Waals surface area contributed by atoms with Crippen molar-refractivity contribution < 1.29 is 14.6 Å². The Morgan fingerprint density at radius 2 is 2.31 bits per heavy atom. The molecule has 1 aromatic rings. The topological polar surface area (TPSA) is 90.4 Å². The number of aliphatic hydroxyl groups excluding tert-OH is 1. The van der Waals surface area contributed by atoms with E-state index in [4.69, 9.17) is 15.6 Å². The molecule has 0 aliphatic heterocycles. The summed E-state index contributed by atoms with van der Waals surface area (Å²) in [6.45, 7) is 0.646. The van der Waals surface area contributed by atoms with Crippen LogP contribution in [-0.2, 0) is 16.1 Å². The maximum atomic E-state index is 11.3. The van der Waals surface area contributed by atoms with Gasteiger partial charge in [-0.2, -0.15) is 5.10 Å². The molecule has 1 rings (SSSR count). The summed E-state index contributed by atoms with van der Waals surface area (Å²) >= 11 is 0. The number of esters is 1. The van der Waals surface area contributed by atoms with E-state index in [9.17, 15) is 4.79 Å². The van der Waals surface area contributed by atoms with Gasteiger partial charge in [0.05, 0.1) is 6.61 Å². The van der Waals surface area contributed by atoms with Gasteiger partial charge in [-0.05, 0) is 25.3 Å². The first kappa shape index (κ1) is 12.5. The number of unbranched alkanes of at least 4 members (excludes halogenated alkanes) is 2. The van der Waals surface area contributed by atoms with Gasteiger partial charge in [-0.25, -0.2) is 0 Å². The van der Waals surface area contributed by atoms with Crippen LogP contribution in [0.3, 0.4) is 0 Å². The van der Waals surface area contributed by atoms with Crippen LogP contribution in [0, 0.1) is 0 Å². The van der Waals surface area contributed by atoms with Crippen LogP contribution in [0.15, 0.2) is 12.3 Å². The number of carbonyl (C=O) groups excluding carboxylic acids is 1. The molecule has 16 heavy (non-hydrogen) atoms. The molecule has 0 radical (unpaired) electrons. The molecule has 0 fully saturated rings. The van der Waals surface area contributed by atoms with Crippen molar-refractivity contribution in [2.75, 3.05) is 18.9 Å². The van der Waals surface area contributed by atoms with Crippen molar-refractivity contribution in [3.8, 4) is 0 Å². The lowest BCUT2D eigenvalue weighted by Crippen LogP contribution is -2.14. The van der Waals surface area contributed by atoms with Gasteiger partial charge in [0.2, 0.25) is 0 Å². The maximum Gasteiger partial charge on any atom is 0.327 e. The van der Waals surface area contributed by atoms with Crippen LogP contribution in [0.25, 0.3) is 0 Å². The van der Waals surface area contributed by atoms with Crippen molar-refractivity contribution in [2.45, 2.75) is 25.8 Å². The van der Waals surface area contributed by atoms with Crippen molar-refractivity contribution in [2.24, 2.45) is 0 Å². The summed E-state index contributed by atoms with van der Waals surface area (Å²) in [5.41, 5.74) is 5.40. The minimum Gasteiger partial charge on any atom is -0.464 e. The zero-order valence-corrected chi connectivity index (χ0v) is 9.13. The lowest BCUT2D eigenvalue weighted by Gasteiger charge is -2.04. The molecule has 6 heteroatoms. The first-order valence-corrected chi connectivity index (χ1v) is 5.28. The summed E-state index contributed by atoms with van der Waals surface area (Å²) < 4.78 is 6.42. The van der Waals surface area contributed by atoms with E-state index >= 15 is 0 Å². The summed E-state index contributed by atoms with van der Waals surface area (Å²) in [5.74, 6) is 0.0582. The molecule has 0 aromatic carbocycles. The van der Waals surface area contributed by atoms with Gasteiger partial charge >= 0.3 is 5.97 Å². The molecule has 1 aromatic heterocycles. The number of carbonyl (C=O) groups is 1. The molecular weight excluding hydrogens is 210 g/mol.